The fourth-order valence-electron chi connectivity index (χ4n) is 2.20. The molecule has 2 rings (SSSR count). The van der Waals surface area contributed by atoms with Gasteiger partial charge in [-0.1, -0.05) is 19.9 Å². The predicted molar refractivity (Wildman–Crippen MR) is 75.2 cm³/mol. The number of fused-ring (bicyclic) bond motifs is 1. The van der Waals surface area contributed by atoms with Crippen LogP contribution in [-0.4, -0.2) is 26.8 Å². The van der Waals surface area contributed by atoms with Crippen molar-refractivity contribution in [2.24, 2.45) is 11.8 Å². The van der Waals surface area contributed by atoms with Crippen molar-refractivity contribution in [3.05, 3.63) is 40.1 Å². The molecule has 0 spiro atoms. The summed E-state index contributed by atoms with van der Waals surface area (Å²) in [6.07, 6.45) is 1.39. The molecule has 21 heavy (non-hydrogen) atoms. The van der Waals surface area contributed by atoms with Gasteiger partial charge in [-0.05, 0) is 6.07 Å². The molecule has 0 saturated heterocycles. The Balaban J connectivity index is 2.54. The summed E-state index contributed by atoms with van der Waals surface area (Å²) in [7, 11) is 0. The van der Waals surface area contributed by atoms with Crippen molar-refractivity contribution in [1.82, 2.24) is 4.98 Å². The molecule has 0 fully saturated rings. The molecule has 2 atom stereocenters. The Morgan fingerprint density at radius 2 is 1.95 bits per heavy atom. The lowest BCUT2D eigenvalue weighted by atomic mass is 9.88. The zero-order chi connectivity index (χ0) is 15.7. The zero-order valence-corrected chi connectivity index (χ0v) is 11.5. The number of hydrogen-bond acceptors (Lipinski definition) is 4. The first-order valence-electron chi connectivity index (χ1n) is 6.36. The number of aliphatic carboxylic acids is 1. The number of nitro benzene ring substituents is 1. The van der Waals surface area contributed by atoms with Gasteiger partial charge in [-0.3, -0.25) is 19.7 Å². The SMILES string of the molecule is CC(C(=O)O)C(C)C(=O)c1c[nH]c2cccc([N+](=O)[O-])c12. The third kappa shape index (κ3) is 2.49. The van der Waals surface area contributed by atoms with E-state index in [0.29, 0.717) is 5.52 Å². The van der Waals surface area contributed by atoms with Crippen molar-refractivity contribution in [1.29, 1.82) is 0 Å². The lowest BCUT2D eigenvalue weighted by Crippen LogP contribution is -2.25. The van der Waals surface area contributed by atoms with Crippen LogP contribution in [0.5, 0.6) is 0 Å². The first-order chi connectivity index (χ1) is 9.84. The van der Waals surface area contributed by atoms with Crippen LogP contribution in [0.2, 0.25) is 0 Å². The van der Waals surface area contributed by atoms with Gasteiger partial charge in [0.2, 0.25) is 0 Å². The van der Waals surface area contributed by atoms with Crippen LogP contribution >= 0.6 is 0 Å². The number of nitrogens with one attached hydrogen (secondary N) is 1. The molecule has 0 aliphatic heterocycles. The zero-order valence-electron chi connectivity index (χ0n) is 11.5. The monoisotopic (exact) mass is 290 g/mol. The number of carbonyl (C=O) groups excluding carboxylic acids is 1. The van der Waals surface area contributed by atoms with Crippen LogP contribution in [0.15, 0.2) is 24.4 Å². The molecule has 0 aliphatic carbocycles. The second-order valence-electron chi connectivity index (χ2n) is 4.94. The number of benzene rings is 1. The number of non-ortho nitro benzene ring substituents is 1. The highest BCUT2D eigenvalue weighted by Crippen LogP contribution is 2.31. The number of aromatic nitrogens is 1. The number of rotatable bonds is 5. The van der Waals surface area contributed by atoms with Crippen LogP contribution in [0.1, 0.15) is 24.2 Å². The molecule has 0 aliphatic rings. The number of nitro groups is 1. The topological polar surface area (TPSA) is 113 Å². The fourth-order valence-corrected chi connectivity index (χ4v) is 2.20. The Bertz CT molecular complexity index is 734. The van der Waals surface area contributed by atoms with E-state index in [4.69, 9.17) is 5.11 Å². The smallest absolute Gasteiger partial charge is 0.306 e. The quantitative estimate of drug-likeness (QED) is 0.499. The number of carboxylic acids is 1. The Labute approximate surface area is 119 Å². The second kappa shape index (κ2) is 5.35. The molecule has 0 bridgehead atoms. The Kier molecular flexibility index (Phi) is 3.75. The maximum atomic E-state index is 12.4. The number of hydrogen-bond donors (Lipinski definition) is 2. The Hall–Kier alpha value is -2.70. The molecular formula is C14H14N2O5. The third-order valence-electron chi connectivity index (χ3n) is 3.70. The summed E-state index contributed by atoms with van der Waals surface area (Å²) in [6, 6.07) is 4.47. The molecule has 1 aromatic carbocycles. The predicted octanol–water partition coefficient (Wildman–Crippen LogP) is 2.62. The van der Waals surface area contributed by atoms with E-state index in [2.05, 4.69) is 4.98 Å². The van der Waals surface area contributed by atoms with E-state index >= 15 is 0 Å². The van der Waals surface area contributed by atoms with Crippen LogP contribution in [0.3, 0.4) is 0 Å². The number of H-pyrrole nitrogens is 1. The Morgan fingerprint density at radius 1 is 1.29 bits per heavy atom. The minimum absolute atomic E-state index is 0.151. The van der Waals surface area contributed by atoms with Crippen molar-refractivity contribution >= 4 is 28.3 Å². The van der Waals surface area contributed by atoms with Gasteiger partial charge in [0.05, 0.1) is 27.3 Å². The highest BCUT2D eigenvalue weighted by atomic mass is 16.6. The first kappa shape index (κ1) is 14.7. The first-order valence-corrected chi connectivity index (χ1v) is 6.36. The normalized spacial score (nSPS) is 13.8. The molecular weight excluding hydrogens is 276 g/mol. The summed E-state index contributed by atoms with van der Waals surface area (Å²) in [5.41, 5.74) is 0.452. The number of carbonyl (C=O) groups is 2. The summed E-state index contributed by atoms with van der Waals surface area (Å²) in [4.78, 5) is 36.8. The van der Waals surface area contributed by atoms with Crippen LogP contribution in [0.25, 0.3) is 10.9 Å². The van der Waals surface area contributed by atoms with E-state index in [1.807, 2.05) is 0 Å². The minimum atomic E-state index is -1.08. The molecule has 2 unspecified atom stereocenters. The van der Waals surface area contributed by atoms with E-state index in [9.17, 15) is 19.7 Å². The maximum Gasteiger partial charge on any atom is 0.306 e. The fraction of sp³-hybridized carbons (Fsp3) is 0.286. The van der Waals surface area contributed by atoms with Gasteiger partial charge in [0.1, 0.15) is 0 Å². The molecule has 7 heteroatoms. The average Bonchev–Trinajstić information content (AvgIpc) is 2.88. The standard InChI is InChI=1S/C14H14N2O5/c1-7(8(2)14(18)19)13(17)9-6-15-10-4-3-5-11(12(9)10)16(20)21/h3-8,15H,1-2H3,(H,18,19). The molecule has 1 aromatic heterocycles. The lowest BCUT2D eigenvalue weighted by Gasteiger charge is -2.14. The molecule has 2 aromatic rings. The number of aromatic amines is 1. The van der Waals surface area contributed by atoms with Crippen LogP contribution in [-0.2, 0) is 4.79 Å². The molecule has 0 radical (unpaired) electrons. The van der Waals surface area contributed by atoms with Gasteiger partial charge in [-0.2, -0.15) is 0 Å². The van der Waals surface area contributed by atoms with Gasteiger partial charge in [0.25, 0.3) is 5.69 Å². The Morgan fingerprint density at radius 3 is 2.52 bits per heavy atom. The largest absolute Gasteiger partial charge is 0.481 e. The van der Waals surface area contributed by atoms with Crippen molar-refractivity contribution < 1.29 is 19.6 Å². The highest BCUT2D eigenvalue weighted by Gasteiger charge is 2.30. The maximum absolute atomic E-state index is 12.4. The summed E-state index contributed by atoms with van der Waals surface area (Å²) >= 11 is 0. The molecule has 7 nitrogen and oxygen atoms in total. The van der Waals surface area contributed by atoms with Crippen molar-refractivity contribution in [2.75, 3.05) is 0 Å². The summed E-state index contributed by atoms with van der Waals surface area (Å²) in [5.74, 6) is -3.15. The van der Waals surface area contributed by atoms with Gasteiger partial charge in [-0.15, -0.1) is 0 Å². The number of carboxylic acid groups (broad SMARTS) is 1. The van der Waals surface area contributed by atoms with Crippen molar-refractivity contribution in [3.8, 4) is 0 Å². The average molecular weight is 290 g/mol. The molecule has 0 amide bonds. The van der Waals surface area contributed by atoms with Crippen LogP contribution < -0.4 is 0 Å². The summed E-state index contributed by atoms with van der Waals surface area (Å²) in [6.45, 7) is 2.95. The van der Waals surface area contributed by atoms with E-state index in [-0.39, 0.29) is 16.6 Å². The lowest BCUT2D eigenvalue weighted by molar-refractivity contribution is -0.383. The van der Waals surface area contributed by atoms with Gasteiger partial charge < -0.3 is 10.1 Å². The van der Waals surface area contributed by atoms with E-state index < -0.39 is 28.5 Å². The highest BCUT2D eigenvalue weighted by molar-refractivity contribution is 6.12. The molecule has 0 saturated carbocycles. The molecule has 2 N–H and O–H groups in total. The van der Waals surface area contributed by atoms with Crippen molar-refractivity contribution in [2.45, 2.75) is 13.8 Å². The van der Waals surface area contributed by atoms with E-state index in [1.165, 1.54) is 32.2 Å². The van der Waals surface area contributed by atoms with Crippen LogP contribution in [0.4, 0.5) is 5.69 Å². The van der Waals surface area contributed by atoms with Gasteiger partial charge in [0.15, 0.2) is 5.78 Å². The number of nitrogens with zero attached hydrogens (tertiary/aromatic N) is 1. The van der Waals surface area contributed by atoms with E-state index in [1.54, 1.807) is 6.07 Å². The summed E-state index contributed by atoms with van der Waals surface area (Å²) in [5, 5.41) is 20.3. The number of Topliss-reactive ketones (excluding diaryl/α,β-unsaturated/α-hetero) is 1. The minimum Gasteiger partial charge on any atom is -0.481 e. The summed E-state index contributed by atoms with van der Waals surface area (Å²) < 4.78 is 0. The van der Waals surface area contributed by atoms with Gasteiger partial charge in [0, 0.05) is 18.2 Å². The van der Waals surface area contributed by atoms with E-state index in [0.717, 1.165) is 0 Å². The third-order valence-corrected chi connectivity index (χ3v) is 3.70. The van der Waals surface area contributed by atoms with Crippen LogP contribution in [0, 0.1) is 22.0 Å². The number of ketones is 1. The van der Waals surface area contributed by atoms with Gasteiger partial charge in [-0.25, -0.2) is 0 Å². The molecule has 1 heterocycles. The van der Waals surface area contributed by atoms with Crippen molar-refractivity contribution in [3.63, 3.8) is 0 Å². The van der Waals surface area contributed by atoms with Gasteiger partial charge >= 0.3 is 5.97 Å². The molecule has 110 valence electrons. The second-order valence-corrected chi connectivity index (χ2v) is 4.94.